The lowest BCUT2D eigenvalue weighted by atomic mass is 9.82. The lowest BCUT2D eigenvalue weighted by Crippen LogP contribution is -2.48. The third-order valence-corrected chi connectivity index (χ3v) is 8.23. The molecule has 0 bridgehead atoms. The molecule has 1 aliphatic carbocycles. The summed E-state index contributed by atoms with van der Waals surface area (Å²) in [4.78, 5) is 43.1. The molecule has 2 aliphatic rings. The first-order chi connectivity index (χ1) is 18.1. The fourth-order valence-corrected chi connectivity index (χ4v) is 6.26. The third-order valence-electron chi connectivity index (χ3n) is 7.15. The second-order valence-electron chi connectivity index (χ2n) is 9.62. The Bertz CT molecular complexity index is 1430. The molecule has 1 aromatic carbocycles. The Morgan fingerprint density at radius 2 is 1.81 bits per heavy atom. The number of rotatable bonds is 7. The molecule has 6 rings (SSSR count). The zero-order valence-electron chi connectivity index (χ0n) is 20.4. The van der Waals surface area contributed by atoms with Crippen molar-refractivity contribution < 1.29 is 9.59 Å². The molecule has 1 saturated carbocycles. The van der Waals surface area contributed by atoms with Gasteiger partial charge in [0.1, 0.15) is 21.9 Å². The van der Waals surface area contributed by atoms with Gasteiger partial charge < -0.3 is 10.6 Å². The smallest absolute Gasteiger partial charge is 0.325 e. The molecule has 1 spiro atoms. The van der Waals surface area contributed by atoms with Crippen LogP contribution in [-0.2, 0) is 4.79 Å². The number of aromatic nitrogens is 3. The maximum atomic E-state index is 13.1. The minimum Gasteiger partial charge on any atom is -0.369 e. The van der Waals surface area contributed by atoms with Gasteiger partial charge in [-0.2, -0.15) is 0 Å². The predicted molar refractivity (Wildman–Crippen MR) is 145 cm³/mol. The quantitative estimate of drug-likeness (QED) is 0.251. The number of amides is 3. The number of thiophene rings is 1. The topological polar surface area (TPSA) is 100 Å². The van der Waals surface area contributed by atoms with Crippen LogP contribution in [0.15, 0.2) is 60.8 Å². The molecule has 0 radical (unpaired) electrons. The first-order valence-corrected chi connectivity index (χ1v) is 13.6. The average Bonchev–Trinajstić information content (AvgIpc) is 3.47. The summed E-state index contributed by atoms with van der Waals surface area (Å²) in [7, 11) is 0. The van der Waals surface area contributed by atoms with Gasteiger partial charge in [0.2, 0.25) is 0 Å². The van der Waals surface area contributed by atoms with E-state index in [0.29, 0.717) is 31.0 Å². The largest absolute Gasteiger partial charge is 0.369 e. The Hall–Kier alpha value is -3.85. The van der Waals surface area contributed by atoms with Gasteiger partial charge in [0, 0.05) is 24.2 Å². The average molecular weight is 513 g/mol. The summed E-state index contributed by atoms with van der Waals surface area (Å²) in [6.45, 7) is 0.938. The van der Waals surface area contributed by atoms with Gasteiger partial charge in [0.15, 0.2) is 5.82 Å². The number of urea groups is 1. The van der Waals surface area contributed by atoms with Gasteiger partial charge in [0.25, 0.3) is 5.91 Å². The van der Waals surface area contributed by atoms with E-state index in [1.54, 1.807) is 17.5 Å². The monoisotopic (exact) mass is 512 g/mol. The fraction of sp³-hybridized carbons (Fsp3) is 0.321. The number of pyridine rings is 1. The molecule has 4 aromatic rings. The number of benzene rings is 1. The molecule has 188 valence electrons. The van der Waals surface area contributed by atoms with Crippen LogP contribution < -0.4 is 10.6 Å². The highest BCUT2D eigenvalue weighted by Crippen LogP contribution is 2.37. The number of hydrogen-bond acceptors (Lipinski definition) is 7. The van der Waals surface area contributed by atoms with Crippen molar-refractivity contribution >= 4 is 39.3 Å². The molecule has 0 unspecified atom stereocenters. The highest BCUT2D eigenvalue weighted by Gasteiger charge is 2.50. The van der Waals surface area contributed by atoms with Crippen LogP contribution in [0.5, 0.6) is 0 Å². The van der Waals surface area contributed by atoms with Crippen molar-refractivity contribution in [1.29, 1.82) is 0 Å². The predicted octanol–water partition coefficient (Wildman–Crippen LogP) is 5.48. The Kier molecular flexibility index (Phi) is 6.30. The first-order valence-electron chi connectivity index (χ1n) is 12.8. The van der Waals surface area contributed by atoms with Gasteiger partial charge in [-0.1, -0.05) is 55.7 Å². The number of anilines is 1. The molecule has 2 fully saturated rings. The van der Waals surface area contributed by atoms with Crippen molar-refractivity contribution in [2.75, 3.05) is 18.4 Å². The lowest BCUT2D eigenvalue weighted by molar-refractivity contribution is -0.132. The van der Waals surface area contributed by atoms with Crippen LogP contribution in [0.1, 0.15) is 38.5 Å². The number of carbonyl (C=O) groups is 2. The van der Waals surface area contributed by atoms with E-state index < -0.39 is 5.54 Å². The van der Waals surface area contributed by atoms with Crippen LogP contribution in [0, 0.1) is 0 Å². The summed E-state index contributed by atoms with van der Waals surface area (Å²) in [5, 5.41) is 7.38. The molecular weight excluding hydrogens is 484 g/mol. The molecular formula is C28H28N6O2S. The van der Waals surface area contributed by atoms with Crippen molar-refractivity contribution in [3.05, 3.63) is 60.8 Å². The summed E-state index contributed by atoms with van der Waals surface area (Å²) in [6, 6.07) is 17.8. The molecule has 3 amide bonds. The SMILES string of the molecule is O=C1NC2(CCCCC2)C(=O)N1CCCNc1nc(-c2ccccn2)nc2sc(-c3ccccc3)cc12. The summed E-state index contributed by atoms with van der Waals surface area (Å²) < 4.78 is 0. The standard InChI is InChI=1S/C28H28N6O2S/c35-26-28(13-6-2-7-14-28)33-27(36)34(26)17-9-16-30-23-20-18-22(19-10-3-1-4-11-19)37-25(20)32-24(31-23)21-12-5-8-15-29-21/h1,3-5,8,10-12,15,18H,2,6-7,9,13-14,16-17H2,(H,33,36)(H,30,31,32). The van der Waals surface area contributed by atoms with Crippen LogP contribution in [-0.4, -0.2) is 50.4 Å². The molecule has 9 heteroatoms. The normalized spacial score (nSPS) is 16.9. The third kappa shape index (κ3) is 4.55. The summed E-state index contributed by atoms with van der Waals surface area (Å²) in [5.41, 5.74) is 1.16. The molecule has 0 atom stereocenters. The molecule has 4 heterocycles. The molecule has 8 nitrogen and oxygen atoms in total. The number of hydrogen-bond donors (Lipinski definition) is 2. The van der Waals surface area contributed by atoms with Gasteiger partial charge in [0.05, 0.1) is 5.39 Å². The van der Waals surface area contributed by atoms with Crippen LogP contribution in [0.25, 0.3) is 32.2 Å². The second-order valence-corrected chi connectivity index (χ2v) is 10.6. The summed E-state index contributed by atoms with van der Waals surface area (Å²) in [6.07, 6.45) is 6.92. The Morgan fingerprint density at radius 1 is 1.00 bits per heavy atom. The van der Waals surface area contributed by atoms with E-state index in [-0.39, 0.29) is 11.9 Å². The second kappa shape index (κ2) is 9.89. The molecule has 2 N–H and O–H groups in total. The molecule has 1 aliphatic heterocycles. The fourth-order valence-electron chi connectivity index (χ4n) is 5.23. The van der Waals surface area contributed by atoms with Gasteiger partial charge in [-0.05, 0) is 43.0 Å². The maximum absolute atomic E-state index is 13.1. The first kappa shape index (κ1) is 23.5. The molecule has 37 heavy (non-hydrogen) atoms. The van der Waals surface area contributed by atoms with E-state index in [1.807, 2.05) is 36.4 Å². The highest BCUT2D eigenvalue weighted by molar-refractivity contribution is 7.22. The van der Waals surface area contributed by atoms with Crippen molar-refractivity contribution in [3.63, 3.8) is 0 Å². The Balaban J connectivity index is 1.21. The number of carbonyl (C=O) groups excluding carboxylic acids is 2. The number of nitrogens with zero attached hydrogens (tertiary/aromatic N) is 4. The lowest BCUT2D eigenvalue weighted by Gasteiger charge is -2.30. The van der Waals surface area contributed by atoms with Crippen LogP contribution >= 0.6 is 11.3 Å². The Morgan fingerprint density at radius 3 is 2.59 bits per heavy atom. The number of nitrogens with one attached hydrogen (secondary N) is 2. The minimum absolute atomic E-state index is 0.0654. The number of imide groups is 1. The van der Waals surface area contributed by atoms with Gasteiger partial charge in [-0.25, -0.2) is 14.8 Å². The Labute approximate surface area is 219 Å². The van der Waals surface area contributed by atoms with E-state index in [9.17, 15) is 9.59 Å². The van der Waals surface area contributed by atoms with Crippen LogP contribution in [0.4, 0.5) is 10.6 Å². The summed E-state index contributed by atoms with van der Waals surface area (Å²) in [5.74, 6) is 1.22. The number of fused-ring (bicyclic) bond motifs is 1. The highest BCUT2D eigenvalue weighted by atomic mass is 32.1. The molecule has 1 saturated heterocycles. The summed E-state index contributed by atoms with van der Waals surface area (Å²) >= 11 is 1.62. The van der Waals surface area contributed by atoms with Crippen LogP contribution in [0.3, 0.4) is 0 Å². The van der Waals surface area contributed by atoms with E-state index >= 15 is 0 Å². The zero-order valence-corrected chi connectivity index (χ0v) is 21.3. The van der Waals surface area contributed by atoms with Crippen LogP contribution in [0.2, 0.25) is 0 Å². The minimum atomic E-state index is -0.677. The van der Waals surface area contributed by atoms with Crippen molar-refractivity contribution in [3.8, 4) is 22.0 Å². The van der Waals surface area contributed by atoms with E-state index in [2.05, 4.69) is 33.8 Å². The van der Waals surface area contributed by atoms with Crippen molar-refractivity contribution in [2.24, 2.45) is 0 Å². The van der Waals surface area contributed by atoms with Gasteiger partial charge in [-0.15, -0.1) is 11.3 Å². The zero-order chi connectivity index (χ0) is 25.2. The van der Waals surface area contributed by atoms with E-state index in [4.69, 9.17) is 9.97 Å². The van der Waals surface area contributed by atoms with Gasteiger partial charge >= 0.3 is 6.03 Å². The van der Waals surface area contributed by atoms with Crippen molar-refractivity contribution in [1.82, 2.24) is 25.2 Å². The van der Waals surface area contributed by atoms with E-state index in [0.717, 1.165) is 58.6 Å². The van der Waals surface area contributed by atoms with E-state index in [1.165, 1.54) is 4.90 Å². The van der Waals surface area contributed by atoms with Crippen molar-refractivity contribution in [2.45, 2.75) is 44.1 Å². The van der Waals surface area contributed by atoms with Gasteiger partial charge in [-0.3, -0.25) is 14.7 Å². The maximum Gasteiger partial charge on any atom is 0.325 e. The molecule has 3 aromatic heterocycles.